The van der Waals surface area contributed by atoms with Crippen LogP contribution >= 0.6 is 0 Å². The molecule has 4 heterocycles. The SMILES string of the molecule is CN(C)CCCn1c(NC(=O)c2ccc3cc4n(c3n2)CCNC4=O)nc2ccccc21. The molecular weight excluding hydrogens is 406 g/mol. The number of rotatable bonds is 6. The molecule has 0 saturated carbocycles. The van der Waals surface area contributed by atoms with Gasteiger partial charge in [-0.3, -0.25) is 14.9 Å². The summed E-state index contributed by atoms with van der Waals surface area (Å²) in [5.74, 6) is 0.0620. The molecule has 9 heteroatoms. The highest BCUT2D eigenvalue weighted by Gasteiger charge is 2.22. The second-order valence-corrected chi connectivity index (χ2v) is 8.23. The first-order valence-electron chi connectivity index (χ1n) is 10.7. The monoisotopic (exact) mass is 431 g/mol. The van der Waals surface area contributed by atoms with Crippen molar-refractivity contribution in [1.82, 2.24) is 29.3 Å². The van der Waals surface area contributed by atoms with Crippen LogP contribution < -0.4 is 10.6 Å². The number of nitrogens with one attached hydrogen (secondary N) is 2. The third-order valence-electron chi connectivity index (χ3n) is 5.70. The zero-order chi connectivity index (χ0) is 22.2. The molecule has 0 saturated heterocycles. The average molecular weight is 432 g/mol. The van der Waals surface area contributed by atoms with Gasteiger partial charge in [0.2, 0.25) is 5.95 Å². The van der Waals surface area contributed by atoms with Gasteiger partial charge in [0.05, 0.1) is 11.0 Å². The molecule has 32 heavy (non-hydrogen) atoms. The zero-order valence-electron chi connectivity index (χ0n) is 18.1. The van der Waals surface area contributed by atoms with Crippen molar-refractivity contribution in [3.8, 4) is 0 Å². The topological polar surface area (TPSA) is 97.1 Å². The van der Waals surface area contributed by atoms with Crippen molar-refractivity contribution in [3.63, 3.8) is 0 Å². The maximum absolute atomic E-state index is 13.1. The molecule has 1 aromatic carbocycles. The number of anilines is 1. The van der Waals surface area contributed by atoms with Crippen LogP contribution in [0.25, 0.3) is 22.1 Å². The minimum atomic E-state index is -0.327. The number of imidazole rings is 1. The molecule has 0 fully saturated rings. The highest BCUT2D eigenvalue weighted by Crippen LogP contribution is 2.23. The van der Waals surface area contributed by atoms with Crippen molar-refractivity contribution in [2.75, 3.05) is 32.5 Å². The first-order valence-corrected chi connectivity index (χ1v) is 10.7. The number of pyridine rings is 1. The van der Waals surface area contributed by atoms with Crippen LogP contribution in [0.4, 0.5) is 5.95 Å². The molecule has 2 amide bonds. The summed E-state index contributed by atoms with van der Waals surface area (Å²) in [5, 5.41) is 6.62. The lowest BCUT2D eigenvalue weighted by atomic mass is 10.2. The first kappa shape index (κ1) is 20.2. The molecule has 0 unspecified atom stereocenters. The van der Waals surface area contributed by atoms with E-state index in [4.69, 9.17) is 0 Å². The molecule has 5 rings (SSSR count). The van der Waals surface area contributed by atoms with Gasteiger partial charge in [-0.15, -0.1) is 0 Å². The summed E-state index contributed by atoms with van der Waals surface area (Å²) in [6, 6.07) is 13.2. The maximum atomic E-state index is 13.1. The molecule has 164 valence electrons. The molecule has 2 N–H and O–H groups in total. The van der Waals surface area contributed by atoms with Crippen LogP contribution in [0.15, 0.2) is 42.5 Å². The molecule has 0 bridgehead atoms. The van der Waals surface area contributed by atoms with Gasteiger partial charge in [0, 0.05) is 25.0 Å². The van der Waals surface area contributed by atoms with Crippen LogP contribution in [0.5, 0.6) is 0 Å². The van der Waals surface area contributed by atoms with Crippen LogP contribution in [0.2, 0.25) is 0 Å². The van der Waals surface area contributed by atoms with E-state index < -0.39 is 0 Å². The molecule has 0 radical (unpaired) electrons. The molecule has 1 aliphatic rings. The van der Waals surface area contributed by atoms with Gasteiger partial charge >= 0.3 is 0 Å². The number of amides is 2. The van der Waals surface area contributed by atoms with Gasteiger partial charge < -0.3 is 19.4 Å². The van der Waals surface area contributed by atoms with Crippen molar-refractivity contribution in [2.24, 2.45) is 0 Å². The summed E-state index contributed by atoms with van der Waals surface area (Å²) in [5.41, 5.74) is 3.32. The second kappa shape index (κ2) is 8.08. The minimum absolute atomic E-state index is 0.119. The summed E-state index contributed by atoms with van der Waals surface area (Å²) in [6.07, 6.45) is 0.929. The van der Waals surface area contributed by atoms with Gasteiger partial charge in [-0.2, -0.15) is 0 Å². The lowest BCUT2D eigenvalue weighted by Gasteiger charge is -2.16. The summed E-state index contributed by atoms with van der Waals surface area (Å²) in [4.78, 5) is 36.6. The number of carbonyl (C=O) groups is 2. The Balaban J connectivity index is 1.46. The van der Waals surface area contributed by atoms with E-state index in [1.54, 1.807) is 6.07 Å². The Hall–Kier alpha value is -3.72. The third kappa shape index (κ3) is 3.60. The molecule has 1 aliphatic heterocycles. The number of carbonyl (C=O) groups excluding carboxylic acids is 2. The number of hydrogen-bond acceptors (Lipinski definition) is 5. The Morgan fingerprint density at radius 3 is 2.88 bits per heavy atom. The second-order valence-electron chi connectivity index (χ2n) is 8.23. The van der Waals surface area contributed by atoms with E-state index in [1.165, 1.54) is 0 Å². The van der Waals surface area contributed by atoms with Crippen molar-refractivity contribution in [1.29, 1.82) is 0 Å². The number of aryl methyl sites for hydroxylation is 1. The predicted molar refractivity (Wildman–Crippen MR) is 123 cm³/mol. The Morgan fingerprint density at radius 1 is 1.19 bits per heavy atom. The van der Waals surface area contributed by atoms with E-state index in [9.17, 15) is 9.59 Å². The average Bonchev–Trinajstić information content (AvgIpc) is 3.32. The summed E-state index contributed by atoms with van der Waals surface area (Å²) in [7, 11) is 4.08. The highest BCUT2D eigenvalue weighted by atomic mass is 16.2. The molecule has 0 spiro atoms. The number of aromatic nitrogens is 4. The zero-order valence-corrected chi connectivity index (χ0v) is 18.1. The van der Waals surface area contributed by atoms with Gasteiger partial charge in [-0.25, -0.2) is 9.97 Å². The van der Waals surface area contributed by atoms with Crippen LogP contribution in [0.3, 0.4) is 0 Å². The van der Waals surface area contributed by atoms with Gasteiger partial charge in [0.25, 0.3) is 11.8 Å². The van der Waals surface area contributed by atoms with Crippen LogP contribution in [0.1, 0.15) is 27.4 Å². The van der Waals surface area contributed by atoms with Gasteiger partial charge in [0.1, 0.15) is 17.0 Å². The summed E-state index contributed by atoms with van der Waals surface area (Å²) < 4.78 is 3.90. The lowest BCUT2D eigenvalue weighted by molar-refractivity contribution is 0.0928. The molecule has 9 nitrogen and oxygen atoms in total. The van der Waals surface area contributed by atoms with E-state index in [-0.39, 0.29) is 17.5 Å². The van der Waals surface area contributed by atoms with E-state index >= 15 is 0 Å². The van der Waals surface area contributed by atoms with E-state index in [2.05, 4.69) is 25.5 Å². The van der Waals surface area contributed by atoms with E-state index in [0.717, 1.165) is 35.9 Å². The fraction of sp³-hybridized carbons (Fsp3) is 0.304. The standard InChI is InChI=1S/C23H25N7O2/c1-28(2)11-5-12-30-18-7-4-3-6-16(18)26-23(30)27-21(31)17-9-8-15-14-19-22(32)24-10-13-29(19)20(15)25-17/h3-4,6-9,14H,5,10-13H2,1-2H3,(H,24,32)(H,26,27,31). The molecule has 4 aromatic rings. The van der Waals surface area contributed by atoms with Crippen molar-refractivity contribution in [3.05, 3.63) is 53.9 Å². The van der Waals surface area contributed by atoms with Crippen molar-refractivity contribution >= 4 is 39.8 Å². The smallest absolute Gasteiger partial charge is 0.276 e. The third-order valence-corrected chi connectivity index (χ3v) is 5.70. The predicted octanol–water partition coefficient (Wildman–Crippen LogP) is 2.33. The van der Waals surface area contributed by atoms with E-state index in [0.29, 0.717) is 30.4 Å². The Kier molecular flexibility index (Phi) is 5.10. The molecule has 0 aliphatic carbocycles. The number of hydrogen-bond donors (Lipinski definition) is 2. The van der Waals surface area contributed by atoms with Gasteiger partial charge in [-0.05, 0) is 57.4 Å². The minimum Gasteiger partial charge on any atom is -0.349 e. The van der Waals surface area contributed by atoms with E-state index in [1.807, 2.05) is 59.6 Å². The largest absolute Gasteiger partial charge is 0.349 e. The van der Waals surface area contributed by atoms with Crippen molar-refractivity contribution in [2.45, 2.75) is 19.5 Å². The van der Waals surface area contributed by atoms with Crippen LogP contribution in [-0.2, 0) is 13.1 Å². The Morgan fingerprint density at radius 2 is 2.03 bits per heavy atom. The lowest BCUT2D eigenvalue weighted by Crippen LogP contribution is -2.35. The number of para-hydroxylation sites is 2. The molecular formula is C23H25N7O2. The fourth-order valence-corrected chi connectivity index (χ4v) is 4.15. The van der Waals surface area contributed by atoms with Gasteiger partial charge in [0.15, 0.2) is 0 Å². The van der Waals surface area contributed by atoms with Crippen molar-refractivity contribution < 1.29 is 9.59 Å². The maximum Gasteiger partial charge on any atom is 0.276 e. The first-order chi connectivity index (χ1) is 15.5. The number of benzene rings is 1. The molecule has 3 aromatic heterocycles. The summed E-state index contributed by atoms with van der Waals surface area (Å²) in [6.45, 7) is 2.85. The van der Waals surface area contributed by atoms with Crippen LogP contribution in [-0.4, -0.2) is 63.0 Å². The molecule has 0 atom stereocenters. The summed E-state index contributed by atoms with van der Waals surface area (Å²) >= 11 is 0. The van der Waals surface area contributed by atoms with Crippen LogP contribution in [0, 0.1) is 0 Å². The Labute approximate surface area is 185 Å². The number of fused-ring (bicyclic) bond motifs is 4. The Bertz CT molecular complexity index is 1340. The highest BCUT2D eigenvalue weighted by molar-refractivity contribution is 6.04. The fourth-order valence-electron chi connectivity index (χ4n) is 4.15. The number of nitrogens with zero attached hydrogens (tertiary/aromatic N) is 5. The quantitative estimate of drug-likeness (QED) is 0.488. The van der Waals surface area contributed by atoms with Gasteiger partial charge in [-0.1, -0.05) is 12.1 Å². The normalized spacial score (nSPS) is 13.5.